The molecule has 3 heteroatoms. The molecule has 1 aromatic carbocycles. The molecule has 2 rings (SSSR count). The third kappa shape index (κ3) is 4.45. The van der Waals surface area contributed by atoms with Crippen LogP contribution in [-0.4, -0.2) is 36.8 Å². The Morgan fingerprint density at radius 3 is 2.38 bits per heavy atom. The van der Waals surface area contributed by atoms with Crippen molar-refractivity contribution in [3.8, 4) is 5.75 Å². The number of benzene rings is 1. The van der Waals surface area contributed by atoms with Crippen LogP contribution in [-0.2, 0) is 0 Å². The smallest absolute Gasteiger partial charge is 0.118 e. The predicted molar refractivity (Wildman–Crippen MR) is 86.6 cm³/mol. The van der Waals surface area contributed by atoms with Crippen LogP contribution >= 0.6 is 0 Å². The summed E-state index contributed by atoms with van der Waals surface area (Å²) in [6.07, 6.45) is 6.36. The zero-order valence-corrected chi connectivity index (χ0v) is 13.6. The second-order valence-electron chi connectivity index (χ2n) is 6.40. The Kier molecular flexibility index (Phi) is 6.07. The van der Waals surface area contributed by atoms with Crippen LogP contribution in [0.5, 0.6) is 5.75 Å². The molecule has 1 N–H and O–H groups in total. The molecule has 0 aliphatic heterocycles. The fourth-order valence-corrected chi connectivity index (χ4v) is 3.26. The van der Waals surface area contributed by atoms with Gasteiger partial charge in [-0.1, -0.05) is 31.4 Å². The summed E-state index contributed by atoms with van der Waals surface area (Å²) in [6.45, 7) is 3.20. The molecule has 2 unspecified atom stereocenters. The number of methoxy groups -OCH3 is 1. The van der Waals surface area contributed by atoms with Crippen LogP contribution in [0.2, 0.25) is 0 Å². The van der Waals surface area contributed by atoms with Gasteiger partial charge in [0, 0.05) is 12.6 Å². The molecule has 0 aromatic heterocycles. The maximum absolute atomic E-state index is 10.6. The number of rotatable bonds is 6. The van der Waals surface area contributed by atoms with Crippen LogP contribution in [0.25, 0.3) is 0 Å². The van der Waals surface area contributed by atoms with Gasteiger partial charge in [-0.3, -0.25) is 0 Å². The van der Waals surface area contributed by atoms with E-state index in [1.165, 1.54) is 32.1 Å². The summed E-state index contributed by atoms with van der Waals surface area (Å²) in [7, 11) is 3.79. The van der Waals surface area contributed by atoms with E-state index in [0.29, 0.717) is 0 Å². The van der Waals surface area contributed by atoms with Gasteiger partial charge in [-0.15, -0.1) is 0 Å². The summed E-state index contributed by atoms with van der Waals surface area (Å²) in [6, 6.07) is 7.85. The molecule has 118 valence electrons. The van der Waals surface area contributed by atoms with Crippen molar-refractivity contribution < 1.29 is 9.84 Å². The van der Waals surface area contributed by atoms with E-state index >= 15 is 0 Å². The SMILES string of the molecule is COc1ccc(C(O)C(C)N(C)CC2CCCCC2)cc1. The van der Waals surface area contributed by atoms with Crippen molar-refractivity contribution in [1.82, 2.24) is 4.90 Å². The van der Waals surface area contributed by atoms with Crippen molar-refractivity contribution >= 4 is 0 Å². The monoisotopic (exact) mass is 291 g/mol. The van der Waals surface area contributed by atoms with Crippen molar-refractivity contribution in [2.45, 2.75) is 51.2 Å². The minimum Gasteiger partial charge on any atom is -0.497 e. The van der Waals surface area contributed by atoms with Gasteiger partial charge < -0.3 is 14.7 Å². The van der Waals surface area contributed by atoms with Gasteiger partial charge >= 0.3 is 0 Å². The first-order valence-electron chi connectivity index (χ1n) is 8.14. The summed E-state index contributed by atoms with van der Waals surface area (Å²) in [4.78, 5) is 2.31. The highest BCUT2D eigenvalue weighted by atomic mass is 16.5. The Bertz CT molecular complexity index is 412. The van der Waals surface area contributed by atoms with Gasteiger partial charge in [-0.05, 0) is 50.4 Å². The molecule has 3 nitrogen and oxygen atoms in total. The highest BCUT2D eigenvalue weighted by molar-refractivity contribution is 5.29. The normalized spacial score (nSPS) is 19.5. The third-order valence-corrected chi connectivity index (χ3v) is 4.88. The second kappa shape index (κ2) is 7.81. The topological polar surface area (TPSA) is 32.7 Å². The summed E-state index contributed by atoms with van der Waals surface area (Å²) in [5.41, 5.74) is 0.957. The Balaban J connectivity index is 1.91. The van der Waals surface area contributed by atoms with Gasteiger partial charge in [-0.25, -0.2) is 0 Å². The molecule has 1 aliphatic carbocycles. The zero-order valence-electron chi connectivity index (χ0n) is 13.6. The van der Waals surface area contributed by atoms with E-state index in [-0.39, 0.29) is 6.04 Å². The average molecular weight is 291 g/mol. The van der Waals surface area contributed by atoms with E-state index in [4.69, 9.17) is 4.74 Å². The van der Waals surface area contributed by atoms with Crippen molar-refractivity contribution in [3.05, 3.63) is 29.8 Å². The Morgan fingerprint density at radius 1 is 1.19 bits per heavy atom. The molecule has 1 aromatic rings. The zero-order chi connectivity index (χ0) is 15.2. The first kappa shape index (κ1) is 16.3. The van der Waals surface area contributed by atoms with Gasteiger partial charge in [0.1, 0.15) is 5.75 Å². The quantitative estimate of drug-likeness (QED) is 0.868. The van der Waals surface area contributed by atoms with Gasteiger partial charge in [0.2, 0.25) is 0 Å². The van der Waals surface area contributed by atoms with Crippen LogP contribution in [0, 0.1) is 5.92 Å². The molecule has 0 spiro atoms. The number of likely N-dealkylation sites (N-methyl/N-ethyl adjacent to an activating group) is 1. The molecule has 2 atom stereocenters. The van der Waals surface area contributed by atoms with E-state index in [2.05, 4.69) is 18.9 Å². The molecular weight excluding hydrogens is 262 g/mol. The van der Waals surface area contributed by atoms with Crippen molar-refractivity contribution in [3.63, 3.8) is 0 Å². The maximum atomic E-state index is 10.6. The third-order valence-electron chi connectivity index (χ3n) is 4.88. The minimum absolute atomic E-state index is 0.125. The number of aliphatic hydroxyl groups is 1. The highest BCUT2D eigenvalue weighted by Crippen LogP contribution is 2.27. The molecule has 1 saturated carbocycles. The largest absolute Gasteiger partial charge is 0.497 e. The first-order valence-corrected chi connectivity index (χ1v) is 8.14. The molecule has 21 heavy (non-hydrogen) atoms. The van der Waals surface area contributed by atoms with Gasteiger partial charge in [0.05, 0.1) is 13.2 Å². The molecule has 0 bridgehead atoms. The molecule has 1 fully saturated rings. The molecule has 0 heterocycles. The van der Waals surface area contributed by atoms with E-state index in [9.17, 15) is 5.11 Å². The summed E-state index contributed by atoms with van der Waals surface area (Å²) >= 11 is 0. The lowest BCUT2D eigenvalue weighted by atomic mass is 9.88. The second-order valence-corrected chi connectivity index (χ2v) is 6.40. The first-order chi connectivity index (χ1) is 10.1. The standard InChI is InChI=1S/C18H29NO2/c1-14(19(2)13-15-7-5-4-6-8-15)18(20)16-9-11-17(21-3)12-10-16/h9-12,14-15,18,20H,4-8,13H2,1-3H3. The predicted octanol–water partition coefficient (Wildman–Crippen LogP) is 3.63. The number of nitrogens with zero attached hydrogens (tertiary/aromatic N) is 1. The lowest BCUT2D eigenvalue weighted by Gasteiger charge is -2.33. The van der Waals surface area contributed by atoms with E-state index in [1.54, 1.807) is 7.11 Å². The average Bonchev–Trinajstić information content (AvgIpc) is 2.54. The molecule has 1 aliphatic rings. The van der Waals surface area contributed by atoms with Gasteiger partial charge in [-0.2, -0.15) is 0 Å². The molecule has 0 radical (unpaired) electrons. The summed E-state index contributed by atoms with van der Waals surface area (Å²) < 4.78 is 5.17. The number of hydrogen-bond acceptors (Lipinski definition) is 3. The van der Waals surface area contributed by atoms with Crippen molar-refractivity contribution in [2.75, 3.05) is 20.7 Å². The van der Waals surface area contributed by atoms with E-state index < -0.39 is 6.10 Å². The Labute approximate surface area is 128 Å². The van der Waals surface area contributed by atoms with Gasteiger partial charge in [0.15, 0.2) is 0 Å². The number of hydrogen-bond donors (Lipinski definition) is 1. The van der Waals surface area contributed by atoms with Crippen LogP contribution in [0.3, 0.4) is 0 Å². The Morgan fingerprint density at radius 2 is 1.81 bits per heavy atom. The fraction of sp³-hybridized carbons (Fsp3) is 0.667. The van der Waals surface area contributed by atoms with Crippen molar-refractivity contribution in [2.24, 2.45) is 5.92 Å². The molecule has 0 saturated heterocycles. The van der Waals surface area contributed by atoms with Gasteiger partial charge in [0.25, 0.3) is 0 Å². The Hall–Kier alpha value is -1.06. The van der Waals surface area contributed by atoms with Crippen LogP contribution in [0.15, 0.2) is 24.3 Å². The van der Waals surface area contributed by atoms with Crippen LogP contribution in [0.1, 0.15) is 50.7 Å². The highest BCUT2D eigenvalue weighted by Gasteiger charge is 2.23. The lowest BCUT2D eigenvalue weighted by molar-refractivity contribution is 0.0604. The number of ether oxygens (including phenoxy) is 1. The summed E-state index contributed by atoms with van der Waals surface area (Å²) in [5, 5.41) is 10.6. The minimum atomic E-state index is -0.454. The molecular formula is C18H29NO2. The van der Waals surface area contributed by atoms with Crippen molar-refractivity contribution in [1.29, 1.82) is 0 Å². The van der Waals surface area contributed by atoms with Crippen LogP contribution in [0.4, 0.5) is 0 Å². The molecule has 0 amide bonds. The maximum Gasteiger partial charge on any atom is 0.118 e. The van der Waals surface area contributed by atoms with Crippen LogP contribution < -0.4 is 4.74 Å². The fourth-order valence-electron chi connectivity index (χ4n) is 3.26. The number of aliphatic hydroxyl groups excluding tert-OH is 1. The van der Waals surface area contributed by atoms with E-state index in [0.717, 1.165) is 23.8 Å². The summed E-state index contributed by atoms with van der Waals surface area (Å²) in [5.74, 6) is 1.63. The van der Waals surface area contributed by atoms with E-state index in [1.807, 2.05) is 24.3 Å². The lowest BCUT2D eigenvalue weighted by Crippen LogP contribution is -2.38.